The maximum absolute atomic E-state index is 16.0. The van der Waals surface area contributed by atoms with Crippen LogP contribution in [0, 0.1) is 62.5 Å². The van der Waals surface area contributed by atoms with E-state index in [2.05, 4.69) is 43.8 Å². The van der Waals surface area contributed by atoms with Gasteiger partial charge in [-0.2, -0.15) is 21.0 Å². The number of aryl methyl sites for hydroxylation is 2. The Morgan fingerprint density at radius 3 is 2.10 bits per heavy atom. The molecule has 0 N–H and O–H groups in total. The summed E-state index contributed by atoms with van der Waals surface area (Å²) in [4.78, 5) is 12.0. The molecule has 0 aromatic heterocycles. The predicted molar refractivity (Wildman–Crippen MR) is 192 cm³/mol. The van der Waals surface area contributed by atoms with Crippen molar-refractivity contribution in [2.24, 2.45) is 11.3 Å². The fourth-order valence-corrected chi connectivity index (χ4v) is 6.93. The van der Waals surface area contributed by atoms with Crippen LogP contribution in [0.15, 0.2) is 42.5 Å². The maximum atomic E-state index is 16.0. The number of carbonyl (C=O) groups excluding carboxylic acids is 1. The van der Waals surface area contributed by atoms with Gasteiger partial charge < -0.3 is 9.47 Å². The van der Waals surface area contributed by atoms with Gasteiger partial charge in [0, 0.05) is 42.2 Å². The Labute approximate surface area is 298 Å². The van der Waals surface area contributed by atoms with Gasteiger partial charge in [0.25, 0.3) is 0 Å². The fourth-order valence-electron chi connectivity index (χ4n) is 6.93. The number of esters is 1. The van der Waals surface area contributed by atoms with Gasteiger partial charge in [0.05, 0.1) is 37.5 Å². The summed E-state index contributed by atoms with van der Waals surface area (Å²) in [5, 5.41) is 37.9. The van der Waals surface area contributed by atoms with E-state index in [4.69, 9.17) is 9.47 Å². The standard InChI is InChI=1S/C42H51FN4O3/c1-4-5-6-10-32-13-15-33(16-14-32)34-17-18-38(39(43)29-34)37-27-35(11-7-8-22-44)40(36(28-37)12-9-26-49-41(48)31(2)3)50-30-42(19-23-45,20-24-46)21-25-47/h17-18,27-29,32-33H,2,4-16,19-21,26,30H2,1,3H3. The molecule has 0 aliphatic heterocycles. The summed E-state index contributed by atoms with van der Waals surface area (Å²) in [5.74, 6) is 0.889. The Morgan fingerprint density at radius 1 is 0.900 bits per heavy atom. The van der Waals surface area contributed by atoms with Gasteiger partial charge in [0.2, 0.25) is 0 Å². The van der Waals surface area contributed by atoms with Gasteiger partial charge in [-0.05, 0) is 111 Å². The molecule has 0 bridgehead atoms. The number of hydrogen-bond acceptors (Lipinski definition) is 7. The van der Waals surface area contributed by atoms with Crippen molar-refractivity contribution in [1.29, 1.82) is 21.0 Å². The van der Waals surface area contributed by atoms with E-state index >= 15 is 4.39 Å². The molecule has 0 amide bonds. The van der Waals surface area contributed by atoms with Crippen molar-refractivity contribution in [3.63, 3.8) is 0 Å². The molecular formula is C42H51FN4O3. The molecule has 0 unspecified atom stereocenters. The quantitative estimate of drug-likeness (QED) is 0.0773. The van der Waals surface area contributed by atoms with Crippen molar-refractivity contribution < 1.29 is 18.7 Å². The summed E-state index contributed by atoms with van der Waals surface area (Å²) >= 11 is 0. The molecule has 0 saturated heterocycles. The predicted octanol–water partition coefficient (Wildman–Crippen LogP) is 10.4. The van der Waals surface area contributed by atoms with E-state index in [9.17, 15) is 25.8 Å². The van der Waals surface area contributed by atoms with Crippen LogP contribution in [0.2, 0.25) is 0 Å². The second kappa shape index (κ2) is 20.8. The van der Waals surface area contributed by atoms with E-state index in [1.54, 1.807) is 13.0 Å². The van der Waals surface area contributed by atoms with Crippen molar-refractivity contribution in [2.75, 3.05) is 13.2 Å². The Kier molecular flexibility index (Phi) is 16.5. The summed E-state index contributed by atoms with van der Waals surface area (Å²) < 4.78 is 27.8. The first-order chi connectivity index (χ1) is 24.2. The van der Waals surface area contributed by atoms with E-state index in [0.29, 0.717) is 60.5 Å². The number of nitrogens with zero attached hydrogens (tertiary/aromatic N) is 4. The van der Waals surface area contributed by atoms with E-state index in [1.165, 1.54) is 38.5 Å². The SMILES string of the molecule is C=C(C)C(=O)OCCCc1cc(-c2ccc(C3CCC(CCCCC)CC3)cc2F)cc(CCCC#N)c1OCC(CC#N)(CC#N)CC#N. The van der Waals surface area contributed by atoms with Crippen LogP contribution in [0.5, 0.6) is 5.75 Å². The van der Waals surface area contributed by atoms with Crippen LogP contribution in [0.25, 0.3) is 11.1 Å². The average molecular weight is 679 g/mol. The Morgan fingerprint density at radius 2 is 1.54 bits per heavy atom. The van der Waals surface area contributed by atoms with Crippen LogP contribution in [-0.4, -0.2) is 19.2 Å². The minimum absolute atomic E-state index is 0.0276. The molecule has 2 aromatic rings. The second-order valence-corrected chi connectivity index (χ2v) is 13.9. The molecule has 50 heavy (non-hydrogen) atoms. The van der Waals surface area contributed by atoms with Gasteiger partial charge in [-0.1, -0.05) is 51.3 Å². The number of hydrogen-bond donors (Lipinski definition) is 0. The minimum Gasteiger partial charge on any atom is -0.492 e. The molecule has 1 aliphatic rings. The zero-order valence-corrected chi connectivity index (χ0v) is 29.9. The zero-order valence-electron chi connectivity index (χ0n) is 29.9. The van der Waals surface area contributed by atoms with E-state index in [0.717, 1.165) is 35.4 Å². The Hall–Kier alpha value is -4.66. The van der Waals surface area contributed by atoms with Crippen LogP contribution >= 0.6 is 0 Å². The van der Waals surface area contributed by atoms with Gasteiger partial charge in [-0.3, -0.25) is 0 Å². The third-order valence-corrected chi connectivity index (χ3v) is 9.87. The zero-order chi connectivity index (χ0) is 36.4. The first-order valence-corrected chi connectivity index (χ1v) is 18.1. The lowest BCUT2D eigenvalue weighted by molar-refractivity contribution is -0.139. The molecule has 1 saturated carbocycles. The van der Waals surface area contributed by atoms with Gasteiger partial charge in [-0.15, -0.1) is 0 Å². The largest absolute Gasteiger partial charge is 0.492 e. The van der Waals surface area contributed by atoms with Crippen molar-refractivity contribution >= 4 is 5.97 Å². The normalized spacial score (nSPS) is 15.6. The van der Waals surface area contributed by atoms with E-state index in [1.807, 2.05) is 18.2 Å². The molecule has 0 atom stereocenters. The summed E-state index contributed by atoms with van der Waals surface area (Å²) in [6.45, 7) is 7.56. The highest BCUT2D eigenvalue weighted by atomic mass is 19.1. The molecule has 0 radical (unpaired) electrons. The van der Waals surface area contributed by atoms with Crippen molar-refractivity contribution in [3.8, 4) is 41.2 Å². The van der Waals surface area contributed by atoms with Gasteiger partial charge in [0.1, 0.15) is 11.6 Å². The van der Waals surface area contributed by atoms with Crippen molar-refractivity contribution in [2.45, 2.75) is 122 Å². The van der Waals surface area contributed by atoms with Crippen LogP contribution < -0.4 is 4.74 Å². The number of ether oxygens (including phenoxy) is 2. The second-order valence-electron chi connectivity index (χ2n) is 13.9. The summed E-state index contributed by atoms with van der Waals surface area (Å²) in [6, 6.07) is 17.9. The number of halogens is 1. The van der Waals surface area contributed by atoms with Crippen LogP contribution in [0.4, 0.5) is 4.39 Å². The van der Waals surface area contributed by atoms with Crippen LogP contribution in [-0.2, 0) is 22.4 Å². The molecule has 2 aromatic carbocycles. The summed E-state index contributed by atoms with van der Waals surface area (Å²) in [7, 11) is 0. The van der Waals surface area contributed by atoms with E-state index in [-0.39, 0.29) is 38.3 Å². The van der Waals surface area contributed by atoms with Gasteiger partial charge >= 0.3 is 5.97 Å². The number of carbonyl (C=O) groups is 1. The lowest BCUT2D eigenvalue weighted by Gasteiger charge is -2.29. The minimum atomic E-state index is -0.980. The Bertz CT molecular complexity index is 1570. The number of benzene rings is 2. The molecule has 0 spiro atoms. The number of nitriles is 4. The number of rotatable bonds is 20. The first kappa shape index (κ1) is 39.8. The third-order valence-electron chi connectivity index (χ3n) is 9.87. The average Bonchev–Trinajstić information content (AvgIpc) is 3.10. The fraction of sp³-hybridized carbons (Fsp3) is 0.548. The first-order valence-electron chi connectivity index (χ1n) is 18.1. The van der Waals surface area contributed by atoms with Gasteiger partial charge in [-0.25, -0.2) is 9.18 Å². The summed E-state index contributed by atoms with van der Waals surface area (Å²) in [6.07, 6.45) is 11.8. The molecule has 8 heteroatoms. The van der Waals surface area contributed by atoms with Crippen molar-refractivity contribution in [1.82, 2.24) is 0 Å². The third kappa shape index (κ3) is 11.7. The molecule has 1 aliphatic carbocycles. The maximum Gasteiger partial charge on any atom is 0.333 e. The van der Waals surface area contributed by atoms with Crippen LogP contribution in [0.1, 0.15) is 126 Å². The monoisotopic (exact) mass is 678 g/mol. The molecule has 0 heterocycles. The van der Waals surface area contributed by atoms with E-state index < -0.39 is 11.4 Å². The lowest BCUT2D eigenvalue weighted by atomic mass is 9.77. The van der Waals surface area contributed by atoms with Crippen LogP contribution in [0.3, 0.4) is 0 Å². The molecular weight excluding hydrogens is 627 g/mol. The van der Waals surface area contributed by atoms with Crippen molar-refractivity contribution in [3.05, 3.63) is 65.0 Å². The number of unbranched alkanes of at least 4 members (excludes halogenated alkanes) is 3. The molecule has 7 nitrogen and oxygen atoms in total. The Balaban J connectivity index is 1.98. The molecule has 3 rings (SSSR count). The summed E-state index contributed by atoms with van der Waals surface area (Å²) in [5.41, 5.74) is 3.04. The topological polar surface area (TPSA) is 131 Å². The molecule has 264 valence electrons. The van der Waals surface area contributed by atoms with Gasteiger partial charge in [0.15, 0.2) is 0 Å². The highest BCUT2D eigenvalue weighted by Crippen LogP contribution is 2.41. The highest BCUT2D eigenvalue weighted by Gasteiger charge is 2.32. The molecule has 1 fully saturated rings. The smallest absolute Gasteiger partial charge is 0.333 e. The highest BCUT2D eigenvalue weighted by molar-refractivity contribution is 5.86. The lowest BCUT2D eigenvalue weighted by Crippen LogP contribution is -2.28.